The van der Waals surface area contributed by atoms with Crippen molar-refractivity contribution in [1.82, 2.24) is 14.9 Å². The van der Waals surface area contributed by atoms with Gasteiger partial charge in [-0.1, -0.05) is 18.2 Å². The fourth-order valence-electron chi connectivity index (χ4n) is 4.07. The molecule has 0 saturated carbocycles. The van der Waals surface area contributed by atoms with Crippen molar-refractivity contribution in [2.45, 2.75) is 19.3 Å². The first-order chi connectivity index (χ1) is 15.2. The van der Waals surface area contributed by atoms with Gasteiger partial charge >= 0.3 is 0 Å². The highest BCUT2D eigenvalue weighted by Crippen LogP contribution is 2.30. The largest absolute Gasteiger partial charge is 0.459 e. The van der Waals surface area contributed by atoms with Crippen molar-refractivity contribution in [3.8, 4) is 0 Å². The molecule has 2 aliphatic rings. The van der Waals surface area contributed by atoms with Gasteiger partial charge in [-0.25, -0.2) is 4.98 Å². The predicted octanol–water partition coefficient (Wildman–Crippen LogP) is 3.29. The van der Waals surface area contributed by atoms with E-state index in [1.807, 2.05) is 30.3 Å². The molecule has 0 bridgehead atoms. The highest BCUT2D eigenvalue weighted by Gasteiger charge is 2.29. The number of furan rings is 1. The first-order valence-corrected chi connectivity index (χ1v) is 10.5. The van der Waals surface area contributed by atoms with Crippen molar-refractivity contribution in [2.75, 3.05) is 36.4 Å². The van der Waals surface area contributed by atoms with Crippen molar-refractivity contribution in [3.63, 3.8) is 0 Å². The zero-order chi connectivity index (χ0) is 21.2. The SMILES string of the molecule is O=C1CCCc2nc(N3CCN(C(=O)c4ccco4)CC3)nc(Nc3ccccc3)c21. The number of ketones is 1. The first-order valence-electron chi connectivity index (χ1n) is 10.5. The van der Waals surface area contributed by atoms with E-state index in [0.717, 1.165) is 24.2 Å². The molecule has 1 N–H and O–H groups in total. The van der Waals surface area contributed by atoms with Crippen LogP contribution < -0.4 is 10.2 Å². The van der Waals surface area contributed by atoms with Crippen LogP contribution >= 0.6 is 0 Å². The number of carbonyl (C=O) groups excluding carboxylic acids is 2. The minimum atomic E-state index is -0.104. The number of fused-ring (bicyclic) bond motifs is 1. The molecule has 158 valence electrons. The number of amides is 1. The van der Waals surface area contributed by atoms with Crippen molar-refractivity contribution in [1.29, 1.82) is 0 Å². The second-order valence-electron chi connectivity index (χ2n) is 7.72. The maximum atomic E-state index is 12.6. The number of hydrogen-bond donors (Lipinski definition) is 1. The van der Waals surface area contributed by atoms with Crippen LogP contribution in [0.2, 0.25) is 0 Å². The summed E-state index contributed by atoms with van der Waals surface area (Å²) >= 11 is 0. The summed E-state index contributed by atoms with van der Waals surface area (Å²) < 4.78 is 5.23. The number of piperazine rings is 1. The molecule has 0 unspecified atom stereocenters. The molecule has 0 atom stereocenters. The van der Waals surface area contributed by atoms with Gasteiger partial charge in [0.15, 0.2) is 11.5 Å². The number of hydrogen-bond acceptors (Lipinski definition) is 7. The molecular weight excluding hydrogens is 394 g/mol. The molecule has 1 aliphatic carbocycles. The topological polar surface area (TPSA) is 91.6 Å². The van der Waals surface area contributed by atoms with Gasteiger partial charge in [-0.05, 0) is 37.1 Å². The lowest BCUT2D eigenvalue weighted by atomic mass is 9.95. The number of rotatable bonds is 4. The third kappa shape index (κ3) is 3.88. The first kappa shape index (κ1) is 19.3. The van der Waals surface area contributed by atoms with Crippen molar-refractivity contribution < 1.29 is 14.0 Å². The zero-order valence-corrected chi connectivity index (χ0v) is 17.1. The second-order valence-corrected chi connectivity index (χ2v) is 7.72. The predicted molar refractivity (Wildman–Crippen MR) is 116 cm³/mol. The van der Waals surface area contributed by atoms with Gasteiger partial charge in [-0.15, -0.1) is 0 Å². The fourth-order valence-corrected chi connectivity index (χ4v) is 4.07. The Hall–Kier alpha value is -3.68. The Morgan fingerprint density at radius 3 is 2.52 bits per heavy atom. The van der Waals surface area contributed by atoms with Gasteiger partial charge in [-0.2, -0.15) is 4.98 Å². The number of aryl methyl sites for hydroxylation is 1. The number of aromatic nitrogens is 2. The average Bonchev–Trinajstić information content (AvgIpc) is 3.34. The number of nitrogens with zero attached hydrogens (tertiary/aromatic N) is 4. The van der Waals surface area contributed by atoms with Crippen LogP contribution in [0.15, 0.2) is 53.1 Å². The van der Waals surface area contributed by atoms with Crippen molar-refractivity contribution >= 4 is 29.1 Å². The van der Waals surface area contributed by atoms with Gasteiger partial charge in [0.2, 0.25) is 5.95 Å². The molecule has 1 fully saturated rings. The smallest absolute Gasteiger partial charge is 0.289 e. The van der Waals surface area contributed by atoms with Crippen LogP contribution in [-0.2, 0) is 6.42 Å². The number of carbonyl (C=O) groups is 2. The average molecular weight is 417 g/mol. The summed E-state index contributed by atoms with van der Waals surface area (Å²) in [5.74, 6) is 1.49. The molecule has 1 aromatic carbocycles. The quantitative estimate of drug-likeness (QED) is 0.696. The van der Waals surface area contributed by atoms with Gasteiger partial charge < -0.3 is 19.5 Å². The highest BCUT2D eigenvalue weighted by molar-refractivity contribution is 6.03. The van der Waals surface area contributed by atoms with Gasteiger partial charge in [0, 0.05) is 38.3 Å². The summed E-state index contributed by atoms with van der Waals surface area (Å²) in [7, 11) is 0. The molecule has 8 nitrogen and oxygen atoms in total. The lowest BCUT2D eigenvalue weighted by Gasteiger charge is -2.35. The third-order valence-electron chi connectivity index (χ3n) is 5.69. The van der Waals surface area contributed by atoms with Crippen LogP contribution in [0.5, 0.6) is 0 Å². The molecule has 1 aliphatic heterocycles. The summed E-state index contributed by atoms with van der Waals surface area (Å²) in [4.78, 5) is 38.5. The maximum Gasteiger partial charge on any atom is 0.289 e. The van der Waals surface area contributed by atoms with Gasteiger partial charge in [-0.3, -0.25) is 9.59 Å². The summed E-state index contributed by atoms with van der Waals surface area (Å²) in [6, 6.07) is 13.1. The molecule has 1 saturated heterocycles. The van der Waals surface area contributed by atoms with Crippen LogP contribution in [0, 0.1) is 0 Å². The molecule has 0 spiro atoms. The number of nitrogens with one attached hydrogen (secondary N) is 1. The molecule has 0 radical (unpaired) electrons. The van der Waals surface area contributed by atoms with Crippen LogP contribution in [0.1, 0.15) is 39.4 Å². The van der Waals surface area contributed by atoms with E-state index in [-0.39, 0.29) is 11.7 Å². The molecule has 3 aromatic rings. The fraction of sp³-hybridized carbons (Fsp3) is 0.304. The molecule has 8 heteroatoms. The van der Waals surface area contributed by atoms with Crippen molar-refractivity contribution in [2.24, 2.45) is 0 Å². The van der Waals surface area contributed by atoms with E-state index in [4.69, 9.17) is 14.4 Å². The molecular formula is C23H23N5O3. The third-order valence-corrected chi connectivity index (χ3v) is 5.69. The Morgan fingerprint density at radius 1 is 0.968 bits per heavy atom. The number of Topliss-reactive ketones (excluding diaryl/α,β-unsaturated/α-hetero) is 1. The summed E-state index contributed by atoms with van der Waals surface area (Å²) in [6.45, 7) is 2.34. The minimum absolute atomic E-state index is 0.0834. The van der Waals surface area contributed by atoms with E-state index in [9.17, 15) is 9.59 Å². The molecule has 5 rings (SSSR count). The highest BCUT2D eigenvalue weighted by atomic mass is 16.3. The van der Waals surface area contributed by atoms with Crippen LogP contribution in [0.4, 0.5) is 17.5 Å². The Kier molecular flexibility index (Phi) is 5.11. The Bertz CT molecular complexity index is 1090. The van der Waals surface area contributed by atoms with Crippen LogP contribution in [0.3, 0.4) is 0 Å². The maximum absolute atomic E-state index is 12.6. The van der Waals surface area contributed by atoms with Crippen molar-refractivity contribution in [3.05, 3.63) is 65.7 Å². The van der Waals surface area contributed by atoms with Gasteiger partial charge in [0.1, 0.15) is 5.82 Å². The minimum Gasteiger partial charge on any atom is -0.459 e. The van der Waals surface area contributed by atoms with E-state index in [2.05, 4.69) is 10.2 Å². The number of anilines is 3. The Balaban J connectivity index is 1.39. The van der Waals surface area contributed by atoms with E-state index in [0.29, 0.717) is 55.7 Å². The zero-order valence-electron chi connectivity index (χ0n) is 17.1. The van der Waals surface area contributed by atoms with E-state index in [1.54, 1.807) is 17.0 Å². The standard InChI is InChI=1S/C23H23N5O3/c29-18-9-4-8-17-20(18)21(24-16-6-2-1-3-7-16)26-23(25-17)28-13-11-27(12-14-28)22(30)19-10-5-15-31-19/h1-3,5-7,10,15H,4,8-9,11-14H2,(H,24,25,26). The van der Waals surface area contributed by atoms with Gasteiger partial charge in [0.25, 0.3) is 5.91 Å². The summed E-state index contributed by atoms with van der Waals surface area (Å²) in [5.41, 5.74) is 2.28. The lowest BCUT2D eigenvalue weighted by molar-refractivity contribution is 0.0714. The summed E-state index contributed by atoms with van der Waals surface area (Å²) in [5, 5.41) is 3.31. The Morgan fingerprint density at radius 2 is 1.77 bits per heavy atom. The monoisotopic (exact) mass is 417 g/mol. The Labute approximate surface area is 179 Å². The molecule has 2 aromatic heterocycles. The van der Waals surface area contributed by atoms with E-state index >= 15 is 0 Å². The molecule has 1 amide bonds. The molecule has 31 heavy (non-hydrogen) atoms. The second kappa shape index (κ2) is 8.22. The lowest BCUT2D eigenvalue weighted by Crippen LogP contribution is -2.49. The van der Waals surface area contributed by atoms with Crippen LogP contribution in [0.25, 0.3) is 0 Å². The molecule has 3 heterocycles. The normalized spacial score (nSPS) is 16.2. The van der Waals surface area contributed by atoms with Gasteiger partial charge in [0.05, 0.1) is 17.5 Å². The van der Waals surface area contributed by atoms with E-state index < -0.39 is 0 Å². The van der Waals surface area contributed by atoms with Crippen LogP contribution in [-0.4, -0.2) is 52.7 Å². The number of benzene rings is 1. The number of para-hydroxylation sites is 1. The summed E-state index contributed by atoms with van der Waals surface area (Å²) in [6.07, 6.45) is 3.59. The van der Waals surface area contributed by atoms with E-state index in [1.165, 1.54) is 6.26 Å².